The maximum absolute atomic E-state index is 5.33. The molecular formula is C12H15N3OS. The molecule has 0 aliphatic carbocycles. The average molecular weight is 249 g/mol. The predicted molar refractivity (Wildman–Crippen MR) is 66.0 cm³/mol. The van der Waals surface area contributed by atoms with Gasteiger partial charge in [0.25, 0.3) is 0 Å². The van der Waals surface area contributed by atoms with Gasteiger partial charge in [0.05, 0.1) is 6.04 Å². The van der Waals surface area contributed by atoms with E-state index in [4.69, 9.17) is 4.52 Å². The molecule has 3 heterocycles. The fraction of sp³-hybridized carbons (Fsp3) is 0.500. The Balaban J connectivity index is 1.69. The predicted octanol–water partition coefficient (Wildman–Crippen LogP) is 2.54. The molecule has 0 bridgehead atoms. The van der Waals surface area contributed by atoms with E-state index in [1.54, 1.807) is 11.3 Å². The van der Waals surface area contributed by atoms with E-state index in [0.29, 0.717) is 0 Å². The smallest absolute Gasteiger partial charge is 0.243 e. The van der Waals surface area contributed by atoms with Gasteiger partial charge in [-0.2, -0.15) is 4.98 Å². The summed E-state index contributed by atoms with van der Waals surface area (Å²) in [7, 11) is 0. The largest absolute Gasteiger partial charge is 0.338 e. The maximum atomic E-state index is 5.33. The molecule has 3 rings (SSSR count). The lowest BCUT2D eigenvalue weighted by Crippen LogP contribution is -2.26. The van der Waals surface area contributed by atoms with Crippen LogP contribution in [0.3, 0.4) is 0 Å². The van der Waals surface area contributed by atoms with Crippen molar-refractivity contribution in [2.24, 2.45) is 0 Å². The van der Waals surface area contributed by atoms with E-state index in [1.807, 2.05) is 6.07 Å². The lowest BCUT2D eigenvalue weighted by atomic mass is 10.1. The number of rotatable bonds is 3. The minimum Gasteiger partial charge on any atom is -0.338 e. The number of aromatic nitrogens is 2. The van der Waals surface area contributed by atoms with E-state index >= 15 is 0 Å². The molecule has 2 aromatic heterocycles. The van der Waals surface area contributed by atoms with Crippen molar-refractivity contribution in [1.29, 1.82) is 0 Å². The van der Waals surface area contributed by atoms with Crippen molar-refractivity contribution in [3.8, 4) is 0 Å². The summed E-state index contributed by atoms with van der Waals surface area (Å²) in [6.45, 7) is 1.05. The zero-order valence-electron chi connectivity index (χ0n) is 9.56. The monoisotopic (exact) mass is 249 g/mol. The summed E-state index contributed by atoms with van der Waals surface area (Å²) in [5, 5.41) is 9.53. The van der Waals surface area contributed by atoms with Crippen molar-refractivity contribution in [3.05, 3.63) is 34.1 Å². The molecule has 0 radical (unpaired) electrons. The Kier molecular flexibility index (Phi) is 3.20. The molecule has 0 saturated carbocycles. The Labute approximate surface area is 104 Å². The van der Waals surface area contributed by atoms with Gasteiger partial charge in [0.2, 0.25) is 5.89 Å². The number of nitrogens with zero attached hydrogens (tertiary/aromatic N) is 2. The second-order valence-electron chi connectivity index (χ2n) is 4.31. The summed E-state index contributed by atoms with van der Waals surface area (Å²) in [6.07, 6.45) is 4.35. The van der Waals surface area contributed by atoms with Gasteiger partial charge in [-0.05, 0) is 30.8 Å². The molecule has 5 heteroatoms. The highest BCUT2D eigenvalue weighted by atomic mass is 32.1. The number of hydrogen-bond donors (Lipinski definition) is 1. The second kappa shape index (κ2) is 4.98. The van der Waals surface area contributed by atoms with Crippen LogP contribution in [0.15, 0.2) is 22.0 Å². The van der Waals surface area contributed by atoms with Crippen LogP contribution in [0.2, 0.25) is 0 Å². The molecular weight excluding hydrogens is 234 g/mol. The maximum Gasteiger partial charge on any atom is 0.243 e. The Morgan fingerprint density at radius 3 is 3.24 bits per heavy atom. The average Bonchev–Trinajstić information content (AvgIpc) is 3.02. The highest BCUT2D eigenvalue weighted by Gasteiger charge is 2.20. The molecule has 0 unspecified atom stereocenters. The third-order valence-corrected chi connectivity index (χ3v) is 3.88. The highest BCUT2D eigenvalue weighted by molar-refractivity contribution is 7.09. The van der Waals surface area contributed by atoms with Crippen LogP contribution in [-0.2, 0) is 6.42 Å². The minimum atomic E-state index is 0.258. The SMILES string of the molecule is c1csc(Cc2noc([C@H]3CCCCN3)n2)c1. The van der Waals surface area contributed by atoms with E-state index < -0.39 is 0 Å². The second-order valence-corrected chi connectivity index (χ2v) is 5.34. The van der Waals surface area contributed by atoms with Gasteiger partial charge in [-0.25, -0.2) is 0 Å². The van der Waals surface area contributed by atoms with Crippen LogP contribution in [0.1, 0.15) is 41.9 Å². The Morgan fingerprint density at radius 1 is 1.47 bits per heavy atom. The van der Waals surface area contributed by atoms with Crippen LogP contribution >= 0.6 is 11.3 Å². The first-order valence-electron chi connectivity index (χ1n) is 6.00. The van der Waals surface area contributed by atoms with E-state index in [1.165, 1.54) is 17.7 Å². The van der Waals surface area contributed by atoms with Crippen molar-refractivity contribution >= 4 is 11.3 Å². The van der Waals surface area contributed by atoms with Gasteiger partial charge in [-0.15, -0.1) is 11.3 Å². The first-order valence-corrected chi connectivity index (χ1v) is 6.88. The summed E-state index contributed by atoms with van der Waals surface area (Å²) >= 11 is 1.73. The molecule has 1 fully saturated rings. The lowest BCUT2D eigenvalue weighted by molar-refractivity contribution is 0.296. The van der Waals surface area contributed by atoms with Crippen LogP contribution in [0, 0.1) is 0 Å². The van der Waals surface area contributed by atoms with Gasteiger partial charge in [0, 0.05) is 11.3 Å². The molecule has 17 heavy (non-hydrogen) atoms. The lowest BCUT2D eigenvalue weighted by Gasteiger charge is -2.19. The highest BCUT2D eigenvalue weighted by Crippen LogP contribution is 2.22. The quantitative estimate of drug-likeness (QED) is 0.908. The normalized spacial score (nSPS) is 20.6. The molecule has 0 amide bonds. The number of piperidine rings is 1. The Morgan fingerprint density at radius 2 is 2.47 bits per heavy atom. The number of thiophene rings is 1. The van der Waals surface area contributed by atoms with Gasteiger partial charge >= 0.3 is 0 Å². The fourth-order valence-corrected chi connectivity index (χ4v) is 2.81. The van der Waals surface area contributed by atoms with Crippen molar-refractivity contribution in [2.75, 3.05) is 6.54 Å². The van der Waals surface area contributed by atoms with Gasteiger partial charge in [-0.1, -0.05) is 17.6 Å². The summed E-state index contributed by atoms with van der Waals surface area (Å²) in [5.74, 6) is 1.53. The van der Waals surface area contributed by atoms with E-state index in [2.05, 4.69) is 26.9 Å². The number of hydrogen-bond acceptors (Lipinski definition) is 5. The van der Waals surface area contributed by atoms with E-state index in [-0.39, 0.29) is 6.04 Å². The van der Waals surface area contributed by atoms with Crippen LogP contribution in [-0.4, -0.2) is 16.7 Å². The van der Waals surface area contributed by atoms with Crippen LogP contribution in [0.5, 0.6) is 0 Å². The zero-order valence-corrected chi connectivity index (χ0v) is 10.4. The van der Waals surface area contributed by atoms with Crippen molar-refractivity contribution in [2.45, 2.75) is 31.7 Å². The molecule has 1 atom stereocenters. The summed E-state index contributed by atoms with van der Waals surface area (Å²) in [6, 6.07) is 4.40. The van der Waals surface area contributed by atoms with Crippen molar-refractivity contribution in [1.82, 2.24) is 15.5 Å². The molecule has 0 spiro atoms. The van der Waals surface area contributed by atoms with Gasteiger partial charge in [-0.3, -0.25) is 0 Å². The van der Waals surface area contributed by atoms with Gasteiger partial charge < -0.3 is 9.84 Å². The molecule has 1 aliphatic heterocycles. The zero-order chi connectivity index (χ0) is 11.5. The molecule has 4 nitrogen and oxygen atoms in total. The first-order chi connectivity index (χ1) is 8.42. The van der Waals surface area contributed by atoms with Gasteiger partial charge in [0.1, 0.15) is 0 Å². The topological polar surface area (TPSA) is 51.0 Å². The Hall–Kier alpha value is -1.20. The summed E-state index contributed by atoms with van der Waals surface area (Å²) in [5.41, 5.74) is 0. The molecule has 1 saturated heterocycles. The third kappa shape index (κ3) is 2.56. The standard InChI is InChI=1S/C12H15N3OS/c1-2-6-13-10(5-1)12-14-11(15-16-12)8-9-4-3-7-17-9/h3-4,7,10,13H,1-2,5-6,8H2/t10-/m1/s1. The molecule has 1 aliphatic rings. The summed E-state index contributed by atoms with van der Waals surface area (Å²) < 4.78 is 5.33. The van der Waals surface area contributed by atoms with E-state index in [9.17, 15) is 0 Å². The van der Waals surface area contributed by atoms with Crippen LogP contribution < -0.4 is 5.32 Å². The first kappa shape index (κ1) is 10.9. The molecule has 1 N–H and O–H groups in total. The third-order valence-electron chi connectivity index (χ3n) is 3.00. The van der Waals surface area contributed by atoms with Crippen molar-refractivity contribution in [3.63, 3.8) is 0 Å². The Bertz CT molecular complexity index is 460. The molecule has 2 aromatic rings. The summed E-state index contributed by atoms with van der Waals surface area (Å²) in [4.78, 5) is 5.75. The molecule has 0 aromatic carbocycles. The van der Waals surface area contributed by atoms with Crippen LogP contribution in [0.4, 0.5) is 0 Å². The fourth-order valence-electron chi connectivity index (χ4n) is 2.11. The van der Waals surface area contributed by atoms with Crippen LogP contribution in [0.25, 0.3) is 0 Å². The molecule has 90 valence electrons. The van der Waals surface area contributed by atoms with Crippen molar-refractivity contribution < 1.29 is 4.52 Å². The minimum absolute atomic E-state index is 0.258. The van der Waals surface area contributed by atoms with Gasteiger partial charge in [0.15, 0.2) is 5.82 Å². The van der Waals surface area contributed by atoms with E-state index in [0.717, 1.165) is 31.1 Å². The number of nitrogens with one attached hydrogen (secondary N) is 1.